The molecule has 3 aromatic rings. The summed E-state index contributed by atoms with van der Waals surface area (Å²) in [5.74, 6) is 0.669. The van der Waals surface area contributed by atoms with Gasteiger partial charge >= 0.3 is 0 Å². The molecule has 162 valence electrons. The Morgan fingerprint density at radius 3 is 2.41 bits per heavy atom. The number of carbonyl (C=O) groups excluding carboxylic acids is 2. The predicted octanol–water partition coefficient (Wildman–Crippen LogP) is 4.49. The van der Waals surface area contributed by atoms with Crippen molar-refractivity contribution in [1.82, 2.24) is 0 Å². The first-order valence-electron chi connectivity index (χ1n) is 10.7. The molecule has 5 rings (SSSR count). The van der Waals surface area contributed by atoms with E-state index in [-0.39, 0.29) is 18.4 Å². The maximum absolute atomic E-state index is 13.5. The molecule has 0 aliphatic carbocycles. The molecule has 2 heterocycles. The smallest absolute Gasteiger partial charge is 0.252 e. The van der Waals surface area contributed by atoms with Crippen molar-refractivity contribution in [3.63, 3.8) is 0 Å². The summed E-state index contributed by atoms with van der Waals surface area (Å²) in [6.07, 6.45) is 1.81. The van der Waals surface area contributed by atoms with Gasteiger partial charge in [-0.05, 0) is 42.7 Å². The molecular weight excluding hydrogens is 404 g/mol. The molecule has 0 unspecified atom stereocenters. The monoisotopic (exact) mass is 428 g/mol. The number of amides is 2. The highest BCUT2D eigenvalue weighted by Gasteiger charge is 2.32. The van der Waals surface area contributed by atoms with E-state index in [9.17, 15) is 9.59 Å². The SMILES string of the molecule is COCC(=O)N1CCCc2ccc(NC(=O)C3c4ccccc4Oc4ccccc43)cc21. The van der Waals surface area contributed by atoms with Crippen LogP contribution in [0.5, 0.6) is 11.5 Å². The van der Waals surface area contributed by atoms with Gasteiger partial charge in [0.05, 0.1) is 5.92 Å². The number of rotatable bonds is 4. The van der Waals surface area contributed by atoms with Gasteiger partial charge in [-0.25, -0.2) is 0 Å². The lowest BCUT2D eigenvalue weighted by Crippen LogP contribution is -2.37. The third-order valence-corrected chi connectivity index (χ3v) is 5.98. The van der Waals surface area contributed by atoms with E-state index >= 15 is 0 Å². The molecule has 6 nitrogen and oxygen atoms in total. The molecule has 0 atom stereocenters. The van der Waals surface area contributed by atoms with E-state index in [1.165, 1.54) is 7.11 Å². The first-order valence-corrected chi connectivity index (χ1v) is 10.7. The number of methoxy groups -OCH3 is 1. The molecule has 2 aliphatic rings. The summed E-state index contributed by atoms with van der Waals surface area (Å²) in [4.78, 5) is 27.8. The van der Waals surface area contributed by atoms with Gasteiger partial charge in [0.25, 0.3) is 5.91 Å². The molecule has 3 aromatic carbocycles. The summed E-state index contributed by atoms with van der Waals surface area (Å²) in [6, 6.07) is 21.0. The minimum atomic E-state index is -0.488. The zero-order valence-corrected chi connectivity index (χ0v) is 17.8. The number of aryl methyl sites for hydroxylation is 1. The Hall–Kier alpha value is -3.64. The lowest BCUT2D eigenvalue weighted by Gasteiger charge is -2.30. The summed E-state index contributed by atoms with van der Waals surface area (Å²) < 4.78 is 11.0. The fourth-order valence-corrected chi connectivity index (χ4v) is 4.52. The lowest BCUT2D eigenvalue weighted by molar-refractivity contribution is -0.122. The number of fused-ring (bicyclic) bond motifs is 3. The van der Waals surface area contributed by atoms with Crippen LogP contribution in [0.25, 0.3) is 0 Å². The number of ether oxygens (including phenoxy) is 2. The van der Waals surface area contributed by atoms with Gasteiger partial charge in [-0.15, -0.1) is 0 Å². The van der Waals surface area contributed by atoms with Crippen molar-refractivity contribution in [2.24, 2.45) is 0 Å². The van der Waals surface area contributed by atoms with Crippen LogP contribution in [0.15, 0.2) is 66.7 Å². The van der Waals surface area contributed by atoms with Crippen molar-refractivity contribution in [3.05, 3.63) is 83.4 Å². The van der Waals surface area contributed by atoms with Crippen LogP contribution in [0.3, 0.4) is 0 Å². The molecule has 0 fully saturated rings. The van der Waals surface area contributed by atoms with Gasteiger partial charge in [0, 0.05) is 36.2 Å². The second-order valence-electron chi connectivity index (χ2n) is 8.03. The number of anilines is 2. The van der Waals surface area contributed by atoms with Crippen LogP contribution in [-0.4, -0.2) is 32.1 Å². The van der Waals surface area contributed by atoms with Gasteiger partial charge in [0.1, 0.15) is 18.1 Å². The Morgan fingerprint density at radius 2 is 1.72 bits per heavy atom. The van der Waals surface area contributed by atoms with Gasteiger partial charge in [-0.3, -0.25) is 9.59 Å². The van der Waals surface area contributed by atoms with Crippen LogP contribution >= 0.6 is 0 Å². The van der Waals surface area contributed by atoms with Gasteiger partial charge in [0.2, 0.25) is 5.91 Å². The Balaban J connectivity index is 1.47. The van der Waals surface area contributed by atoms with Gasteiger partial charge in [-0.2, -0.15) is 0 Å². The maximum atomic E-state index is 13.5. The van der Waals surface area contributed by atoms with Crippen LogP contribution in [-0.2, 0) is 20.7 Å². The number of hydrogen-bond acceptors (Lipinski definition) is 4. The molecule has 0 bridgehead atoms. The minimum Gasteiger partial charge on any atom is -0.457 e. The van der Waals surface area contributed by atoms with E-state index in [0.29, 0.717) is 23.7 Å². The van der Waals surface area contributed by atoms with E-state index < -0.39 is 5.92 Å². The summed E-state index contributed by atoms with van der Waals surface area (Å²) >= 11 is 0. The van der Waals surface area contributed by atoms with Crippen molar-refractivity contribution in [3.8, 4) is 11.5 Å². The number of nitrogens with zero attached hydrogens (tertiary/aromatic N) is 1. The average molecular weight is 428 g/mol. The number of benzene rings is 3. The molecular formula is C26H24N2O4. The Morgan fingerprint density at radius 1 is 1.03 bits per heavy atom. The fourth-order valence-electron chi connectivity index (χ4n) is 4.52. The first-order chi connectivity index (χ1) is 15.7. The third kappa shape index (κ3) is 3.63. The van der Waals surface area contributed by atoms with Gasteiger partial charge in [-0.1, -0.05) is 42.5 Å². The van der Waals surface area contributed by atoms with E-state index in [4.69, 9.17) is 9.47 Å². The second kappa shape index (κ2) is 8.48. The maximum Gasteiger partial charge on any atom is 0.252 e. The van der Waals surface area contributed by atoms with Gasteiger partial charge in [0.15, 0.2) is 0 Å². The molecule has 6 heteroatoms. The zero-order chi connectivity index (χ0) is 22.1. The molecule has 0 spiro atoms. The summed E-state index contributed by atoms with van der Waals surface area (Å²) in [5.41, 5.74) is 4.26. The summed E-state index contributed by atoms with van der Waals surface area (Å²) in [5, 5.41) is 3.07. The normalized spacial score (nSPS) is 14.6. The second-order valence-corrected chi connectivity index (χ2v) is 8.03. The minimum absolute atomic E-state index is 0.0334. The fraction of sp³-hybridized carbons (Fsp3) is 0.231. The van der Waals surface area contributed by atoms with E-state index in [1.54, 1.807) is 4.90 Å². The number of hydrogen-bond donors (Lipinski definition) is 1. The van der Waals surface area contributed by atoms with Crippen molar-refractivity contribution in [1.29, 1.82) is 0 Å². The van der Waals surface area contributed by atoms with E-state index in [0.717, 1.165) is 35.2 Å². The Kier molecular flexibility index (Phi) is 5.37. The molecule has 0 saturated carbocycles. The first kappa shape index (κ1) is 20.3. The molecule has 2 amide bonds. The lowest BCUT2D eigenvalue weighted by atomic mass is 9.87. The molecule has 2 aliphatic heterocycles. The topological polar surface area (TPSA) is 67.9 Å². The summed E-state index contributed by atoms with van der Waals surface area (Å²) in [6.45, 7) is 0.680. The molecule has 0 saturated heterocycles. The van der Waals surface area contributed by atoms with E-state index in [2.05, 4.69) is 5.32 Å². The van der Waals surface area contributed by atoms with Crippen LogP contribution < -0.4 is 15.0 Å². The molecule has 32 heavy (non-hydrogen) atoms. The van der Waals surface area contributed by atoms with Crippen molar-refractivity contribution >= 4 is 23.2 Å². The highest BCUT2D eigenvalue weighted by atomic mass is 16.5. The highest BCUT2D eigenvalue weighted by molar-refractivity contribution is 6.01. The quantitative estimate of drug-likeness (QED) is 0.665. The van der Waals surface area contributed by atoms with Crippen molar-refractivity contribution in [2.75, 3.05) is 30.5 Å². The van der Waals surface area contributed by atoms with Crippen LogP contribution in [0.4, 0.5) is 11.4 Å². The average Bonchev–Trinajstić information content (AvgIpc) is 2.82. The standard InChI is InChI=1S/C26H24N2O4/c1-31-16-24(29)28-14-6-7-17-12-13-18(15-21(17)28)27-26(30)25-19-8-2-4-10-22(19)32-23-11-5-3-9-20(23)25/h2-5,8-13,15,25H,6-7,14,16H2,1H3,(H,27,30). The number of carbonyl (C=O) groups is 2. The van der Waals surface area contributed by atoms with Gasteiger partial charge < -0.3 is 19.7 Å². The van der Waals surface area contributed by atoms with Crippen LogP contribution in [0.1, 0.15) is 29.0 Å². The zero-order valence-electron chi connectivity index (χ0n) is 17.8. The van der Waals surface area contributed by atoms with Crippen LogP contribution in [0, 0.1) is 0 Å². The van der Waals surface area contributed by atoms with Crippen molar-refractivity contribution < 1.29 is 19.1 Å². The van der Waals surface area contributed by atoms with Crippen molar-refractivity contribution in [2.45, 2.75) is 18.8 Å². The predicted molar refractivity (Wildman–Crippen MR) is 122 cm³/mol. The molecule has 1 N–H and O–H groups in total. The Labute approximate surface area is 186 Å². The molecule has 0 aromatic heterocycles. The Bertz CT molecular complexity index is 1140. The summed E-state index contributed by atoms with van der Waals surface area (Å²) in [7, 11) is 1.52. The van der Waals surface area contributed by atoms with E-state index in [1.807, 2.05) is 66.7 Å². The third-order valence-electron chi connectivity index (χ3n) is 5.98. The molecule has 0 radical (unpaired) electrons. The number of nitrogens with one attached hydrogen (secondary N) is 1. The van der Waals surface area contributed by atoms with Crippen LogP contribution in [0.2, 0.25) is 0 Å². The number of para-hydroxylation sites is 2. The largest absolute Gasteiger partial charge is 0.457 e. The highest BCUT2D eigenvalue weighted by Crippen LogP contribution is 2.44.